The van der Waals surface area contributed by atoms with E-state index in [4.69, 9.17) is 16.3 Å². The number of ether oxygens (including phenoxy) is 1. The van der Waals surface area contributed by atoms with Gasteiger partial charge >= 0.3 is 0 Å². The standard InChI is InChI=1S/C14H16ClN3O/c1-19-7-6-16-8-11-9-17-14(18-10-11)12-2-4-13(15)5-3-12/h2-5,9-10,16H,6-8H2,1H3. The minimum Gasteiger partial charge on any atom is -0.383 e. The van der Waals surface area contributed by atoms with Crippen molar-refractivity contribution >= 4 is 11.6 Å². The van der Waals surface area contributed by atoms with Gasteiger partial charge in [-0.3, -0.25) is 0 Å². The van der Waals surface area contributed by atoms with Crippen LogP contribution in [0.5, 0.6) is 0 Å². The predicted octanol–water partition coefficient (Wildman–Crippen LogP) is 2.53. The molecule has 2 aromatic rings. The molecule has 0 fully saturated rings. The molecule has 0 atom stereocenters. The first-order valence-corrected chi connectivity index (χ1v) is 6.44. The molecule has 0 aliphatic heterocycles. The molecule has 1 aromatic carbocycles. The first-order chi connectivity index (χ1) is 9.29. The molecule has 1 heterocycles. The van der Waals surface area contributed by atoms with Crippen LogP contribution in [0.25, 0.3) is 11.4 Å². The van der Waals surface area contributed by atoms with Crippen LogP contribution < -0.4 is 5.32 Å². The van der Waals surface area contributed by atoms with Crippen LogP contribution in [-0.2, 0) is 11.3 Å². The Labute approximate surface area is 117 Å². The number of hydrogen-bond acceptors (Lipinski definition) is 4. The Bertz CT molecular complexity index is 499. The average molecular weight is 278 g/mol. The number of nitrogens with zero attached hydrogens (tertiary/aromatic N) is 2. The van der Waals surface area contributed by atoms with Crippen LogP contribution in [0, 0.1) is 0 Å². The van der Waals surface area contributed by atoms with Crippen molar-refractivity contribution < 1.29 is 4.74 Å². The number of benzene rings is 1. The maximum absolute atomic E-state index is 5.85. The quantitative estimate of drug-likeness (QED) is 0.825. The fraction of sp³-hybridized carbons (Fsp3) is 0.286. The van der Waals surface area contributed by atoms with E-state index in [0.29, 0.717) is 17.5 Å². The van der Waals surface area contributed by atoms with Gasteiger partial charge in [0.1, 0.15) is 0 Å². The molecule has 5 heteroatoms. The fourth-order valence-corrected chi connectivity index (χ4v) is 1.73. The Balaban J connectivity index is 1.96. The highest BCUT2D eigenvalue weighted by molar-refractivity contribution is 6.30. The molecule has 0 spiro atoms. The largest absolute Gasteiger partial charge is 0.383 e. The lowest BCUT2D eigenvalue weighted by Gasteiger charge is -2.05. The monoisotopic (exact) mass is 277 g/mol. The van der Waals surface area contributed by atoms with Gasteiger partial charge in [0.05, 0.1) is 6.61 Å². The Hall–Kier alpha value is -1.49. The van der Waals surface area contributed by atoms with Gasteiger partial charge in [0.15, 0.2) is 5.82 Å². The zero-order chi connectivity index (χ0) is 13.5. The minimum atomic E-state index is 0.698. The lowest BCUT2D eigenvalue weighted by Crippen LogP contribution is -2.18. The molecule has 19 heavy (non-hydrogen) atoms. The van der Waals surface area contributed by atoms with Gasteiger partial charge in [-0.05, 0) is 24.3 Å². The summed E-state index contributed by atoms with van der Waals surface area (Å²) in [6, 6.07) is 7.49. The third-order valence-corrected chi connectivity index (χ3v) is 2.87. The molecule has 100 valence electrons. The van der Waals surface area contributed by atoms with E-state index in [2.05, 4.69) is 15.3 Å². The van der Waals surface area contributed by atoms with E-state index >= 15 is 0 Å². The maximum atomic E-state index is 5.85. The lowest BCUT2D eigenvalue weighted by molar-refractivity contribution is 0.199. The van der Waals surface area contributed by atoms with E-state index < -0.39 is 0 Å². The van der Waals surface area contributed by atoms with E-state index in [1.54, 1.807) is 7.11 Å². The Morgan fingerprint density at radius 3 is 2.47 bits per heavy atom. The summed E-state index contributed by atoms with van der Waals surface area (Å²) < 4.78 is 4.96. The fourth-order valence-electron chi connectivity index (χ4n) is 1.60. The van der Waals surface area contributed by atoms with Crippen molar-refractivity contribution in [2.45, 2.75) is 6.54 Å². The summed E-state index contributed by atoms with van der Waals surface area (Å²) in [4.78, 5) is 8.70. The highest BCUT2D eigenvalue weighted by Crippen LogP contribution is 2.17. The number of aromatic nitrogens is 2. The van der Waals surface area contributed by atoms with E-state index in [1.165, 1.54) is 0 Å². The zero-order valence-electron chi connectivity index (χ0n) is 10.8. The molecule has 0 aliphatic rings. The summed E-state index contributed by atoms with van der Waals surface area (Å²) in [5.74, 6) is 0.706. The highest BCUT2D eigenvalue weighted by atomic mass is 35.5. The van der Waals surface area contributed by atoms with Gasteiger partial charge in [-0.2, -0.15) is 0 Å². The van der Waals surface area contributed by atoms with E-state index in [9.17, 15) is 0 Å². The first kappa shape index (κ1) is 13.9. The second-order valence-electron chi connectivity index (χ2n) is 4.09. The normalized spacial score (nSPS) is 10.6. The van der Waals surface area contributed by atoms with Gasteiger partial charge in [0, 0.05) is 48.7 Å². The molecule has 2 rings (SSSR count). The van der Waals surface area contributed by atoms with Crippen molar-refractivity contribution in [1.82, 2.24) is 15.3 Å². The van der Waals surface area contributed by atoms with Crippen LogP contribution in [0.2, 0.25) is 5.02 Å². The van der Waals surface area contributed by atoms with Crippen molar-refractivity contribution in [3.8, 4) is 11.4 Å². The van der Waals surface area contributed by atoms with Gasteiger partial charge in [-0.15, -0.1) is 0 Å². The molecule has 0 amide bonds. The summed E-state index contributed by atoms with van der Waals surface area (Å²) in [7, 11) is 1.69. The SMILES string of the molecule is COCCNCc1cnc(-c2ccc(Cl)cc2)nc1. The third-order valence-electron chi connectivity index (χ3n) is 2.62. The molecule has 1 aromatic heterocycles. The number of rotatable bonds is 6. The van der Waals surface area contributed by atoms with Gasteiger partial charge in [0.2, 0.25) is 0 Å². The number of hydrogen-bond donors (Lipinski definition) is 1. The van der Waals surface area contributed by atoms with Crippen molar-refractivity contribution in [1.29, 1.82) is 0 Å². The van der Waals surface area contributed by atoms with Crippen molar-refractivity contribution in [3.63, 3.8) is 0 Å². The minimum absolute atomic E-state index is 0.698. The Morgan fingerprint density at radius 1 is 1.16 bits per heavy atom. The zero-order valence-corrected chi connectivity index (χ0v) is 11.5. The van der Waals surface area contributed by atoms with Crippen LogP contribution >= 0.6 is 11.6 Å². The predicted molar refractivity (Wildman–Crippen MR) is 76.1 cm³/mol. The highest BCUT2D eigenvalue weighted by Gasteiger charge is 2.01. The van der Waals surface area contributed by atoms with Crippen LogP contribution in [0.15, 0.2) is 36.7 Å². The molecule has 1 N–H and O–H groups in total. The van der Waals surface area contributed by atoms with Gasteiger partial charge in [-0.25, -0.2) is 9.97 Å². The number of halogens is 1. The third kappa shape index (κ3) is 4.28. The second kappa shape index (κ2) is 7.19. The van der Waals surface area contributed by atoms with Crippen LogP contribution in [0.1, 0.15) is 5.56 Å². The molecule has 0 unspecified atom stereocenters. The molecule has 0 radical (unpaired) electrons. The van der Waals surface area contributed by atoms with E-state index in [0.717, 1.165) is 24.2 Å². The molecule has 0 saturated heterocycles. The van der Waals surface area contributed by atoms with Gasteiger partial charge < -0.3 is 10.1 Å². The average Bonchev–Trinajstić information content (AvgIpc) is 2.45. The Kier molecular flexibility index (Phi) is 5.27. The van der Waals surface area contributed by atoms with Crippen molar-refractivity contribution in [2.75, 3.05) is 20.3 Å². The van der Waals surface area contributed by atoms with Crippen LogP contribution in [-0.4, -0.2) is 30.2 Å². The van der Waals surface area contributed by atoms with Gasteiger partial charge in [0.25, 0.3) is 0 Å². The summed E-state index contributed by atoms with van der Waals surface area (Å²) >= 11 is 5.85. The lowest BCUT2D eigenvalue weighted by atomic mass is 10.2. The van der Waals surface area contributed by atoms with Crippen LogP contribution in [0.3, 0.4) is 0 Å². The van der Waals surface area contributed by atoms with E-state index in [-0.39, 0.29) is 0 Å². The topological polar surface area (TPSA) is 47.0 Å². The molecule has 0 aliphatic carbocycles. The first-order valence-electron chi connectivity index (χ1n) is 6.06. The van der Waals surface area contributed by atoms with Crippen LogP contribution in [0.4, 0.5) is 0 Å². The van der Waals surface area contributed by atoms with Crippen molar-refractivity contribution in [3.05, 3.63) is 47.2 Å². The van der Waals surface area contributed by atoms with Gasteiger partial charge in [-0.1, -0.05) is 11.6 Å². The molecular formula is C14H16ClN3O. The summed E-state index contributed by atoms with van der Waals surface area (Å²) in [5, 5.41) is 3.96. The molecule has 0 saturated carbocycles. The summed E-state index contributed by atoms with van der Waals surface area (Å²) in [6.45, 7) is 2.25. The smallest absolute Gasteiger partial charge is 0.159 e. The molecule has 0 bridgehead atoms. The second-order valence-corrected chi connectivity index (χ2v) is 4.53. The number of nitrogens with one attached hydrogen (secondary N) is 1. The van der Waals surface area contributed by atoms with E-state index in [1.807, 2.05) is 36.7 Å². The molecule has 4 nitrogen and oxygen atoms in total. The number of methoxy groups -OCH3 is 1. The Morgan fingerprint density at radius 2 is 1.84 bits per heavy atom. The maximum Gasteiger partial charge on any atom is 0.159 e. The summed E-state index contributed by atoms with van der Waals surface area (Å²) in [6.07, 6.45) is 3.66. The molecular weight excluding hydrogens is 262 g/mol. The van der Waals surface area contributed by atoms with Crippen molar-refractivity contribution in [2.24, 2.45) is 0 Å². The summed E-state index contributed by atoms with van der Waals surface area (Å²) in [5.41, 5.74) is 2.01.